The predicted molar refractivity (Wildman–Crippen MR) is 168 cm³/mol. The Hall–Kier alpha value is -3.23. The van der Waals surface area contributed by atoms with E-state index in [0.717, 1.165) is 24.0 Å². The van der Waals surface area contributed by atoms with Crippen molar-refractivity contribution < 1.29 is 25.9 Å². The van der Waals surface area contributed by atoms with Gasteiger partial charge in [0.05, 0.1) is 0 Å². The quantitative estimate of drug-likeness (QED) is 0.159. The first-order chi connectivity index (χ1) is 20.4. The minimum Gasteiger partial charge on any atom is -0.351 e. The number of rotatable bonds is 22. The summed E-state index contributed by atoms with van der Waals surface area (Å²) < 4.78 is 0. The van der Waals surface area contributed by atoms with E-state index in [2.05, 4.69) is 29.0 Å². The summed E-state index contributed by atoms with van der Waals surface area (Å²) in [6.07, 6.45) is 11.3. The Morgan fingerprint density at radius 1 is 0.643 bits per heavy atom. The van der Waals surface area contributed by atoms with Gasteiger partial charge >= 0.3 is 0 Å². The molecule has 3 amide bonds. The van der Waals surface area contributed by atoms with Gasteiger partial charge in [-0.15, -0.1) is 0 Å². The average molecular weight is 582 g/mol. The van der Waals surface area contributed by atoms with Gasteiger partial charge in [-0.25, -0.2) is 0 Å². The zero-order chi connectivity index (χ0) is 30.4. The largest absolute Gasteiger partial charge is 0.351 e. The first-order valence-electron chi connectivity index (χ1n) is 16.0. The lowest BCUT2D eigenvalue weighted by Gasteiger charge is -2.23. The molecule has 2 atom stereocenters. The summed E-state index contributed by atoms with van der Waals surface area (Å²) in [5, 5.41) is 5.97. The molecule has 8 heteroatoms. The maximum absolute atomic E-state index is 13.1. The van der Waals surface area contributed by atoms with Crippen LogP contribution in [0, 0.1) is 0 Å². The van der Waals surface area contributed by atoms with Gasteiger partial charge in [0.2, 0.25) is 5.91 Å². The zero-order valence-electron chi connectivity index (χ0n) is 25.8. The number of quaternary nitrogens is 2. The van der Waals surface area contributed by atoms with E-state index in [1.54, 1.807) is 0 Å². The van der Waals surface area contributed by atoms with Gasteiger partial charge in [0.1, 0.15) is 0 Å². The molecular weight excluding hydrogens is 526 g/mol. The van der Waals surface area contributed by atoms with Crippen LogP contribution in [0.25, 0.3) is 0 Å². The molecule has 8 nitrogen and oxygen atoms in total. The van der Waals surface area contributed by atoms with E-state index < -0.39 is 0 Å². The molecule has 8 N–H and O–H groups in total. The Bertz CT molecular complexity index is 951. The first-order valence-corrected chi connectivity index (χ1v) is 16.0. The second-order valence-electron chi connectivity index (χ2n) is 11.3. The van der Waals surface area contributed by atoms with Crippen molar-refractivity contribution >= 4 is 17.7 Å². The molecule has 2 aromatic rings. The molecule has 232 valence electrons. The van der Waals surface area contributed by atoms with E-state index in [1.807, 2.05) is 65.6 Å². The molecule has 0 aromatic heterocycles. The van der Waals surface area contributed by atoms with E-state index in [-0.39, 0.29) is 29.8 Å². The van der Waals surface area contributed by atoms with Gasteiger partial charge in [-0.05, 0) is 30.4 Å². The van der Waals surface area contributed by atoms with Crippen LogP contribution in [0.15, 0.2) is 60.7 Å². The summed E-state index contributed by atoms with van der Waals surface area (Å²) in [6, 6.07) is 19.1. The number of carbonyl (C=O) groups excluding carboxylic acids is 3. The van der Waals surface area contributed by atoms with Crippen LogP contribution in [0.4, 0.5) is 0 Å². The fourth-order valence-electron chi connectivity index (χ4n) is 4.99. The highest BCUT2D eigenvalue weighted by molar-refractivity contribution is 5.81. The molecule has 2 rings (SSSR count). The van der Waals surface area contributed by atoms with Crippen LogP contribution in [-0.2, 0) is 27.2 Å². The van der Waals surface area contributed by atoms with E-state index >= 15 is 0 Å². The van der Waals surface area contributed by atoms with Crippen molar-refractivity contribution in [1.82, 2.24) is 15.5 Å². The van der Waals surface area contributed by atoms with E-state index in [4.69, 9.17) is 0 Å². The molecule has 0 fully saturated rings. The summed E-state index contributed by atoms with van der Waals surface area (Å²) in [7, 11) is 0. The highest BCUT2D eigenvalue weighted by Crippen LogP contribution is 2.10. The monoisotopic (exact) mass is 581 g/mol. The van der Waals surface area contributed by atoms with Gasteiger partial charge < -0.3 is 27.0 Å². The van der Waals surface area contributed by atoms with Crippen molar-refractivity contribution in [3.8, 4) is 0 Å². The van der Waals surface area contributed by atoms with Gasteiger partial charge in [-0.1, -0.05) is 106 Å². The Kier molecular flexibility index (Phi) is 17.9. The van der Waals surface area contributed by atoms with Crippen molar-refractivity contribution in [3.05, 3.63) is 71.8 Å². The highest BCUT2D eigenvalue weighted by atomic mass is 16.2. The van der Waals surface area contributed by atoms with Crippen molar-refractivity contribution in [1.29, 1.82) is 0 Å². The molecular formula is C34H55N5O3+2. The maximum Gasteiger partial charge on any atom is 0.278 e. The highest BCUT2D eigenvalue weighted by Gasteiger charge is 2.19. The second-order valence-corrected chi connectivity index (χ2v) is 11.3. The Balaban J connectivity index is 1.75. The summed E-state index contributed by atoms with van der Waals surface area (Å²) in [5.74, 6) is 0.0147. The van der Waals surface area contributed by atoms with E-state index in [9.17, 15) is 14.4 Å². The molecule has 0 radical (unpaired) electrons. The second kappa shape index (κ2) is 21.5. The standard InChI is InChI=1S/C34H53N5O3/c1-2-3-4-5-6-7-14-21-32(40)39(24-15-22-37-33(41)30(35)26-28-17-10-8-11-18-28)25-16-23-38-34(42)31(36)27-29-19-12-9-13-20-29/h8-13,17-20,30-31H,2-7,14-16,21-27,35-36H2,1H3,(H,37,41)(H,38,42)/p+2/t30-,31-/m0/s1. The number of carbonyl (C=O) groups is 3. The van der Waals surface area contributed by atoms with Gasteiger partial charge in [0.15, 0.2) is 12.1 Å². The third-order valence-electron chi connectivity index (χ3n) is 7.55. The summed E-state index contributed by atoms with van der Waals surface area (Å²) >= 11 is 0. The third kappa shape index (κ3) is 15.1. The molecule has 2 aromatic carbocycles. The molecule has 0 aliphatic carbocycles. The fraction of sp³-hybridized carbons (Fsp3) is 0.559. The molecule has 0 saturated heterocycles. The SMILES string of the molecule is CCCCCCCCCC(=O)N(CCCNC(=O)[C@@H]([NH3+])Cc1ccccc1)CCCNC(=O)[C@@H]([NH3+])Cc1ccccc1. The summed E-state index contributed by atoms with van der Waals surface area (Å²) in [5.41, 5.74) is 10.2. The van der Waals surface area contributed by atoms with Crippen LogP contribution >= 0.6 is 0 Å². The normalized spacial score (nSPS) is 12.4. The average Bonchev–Trinajstić information content (AvgIpc) is 3.00. The van der Waals surface area contributed by atoms with Crippen LogP contribution in [0.3, 0.4) is 0 Å². The van der Waals surface area contributed by atoms with Gasteiger partial charge in [-0.3, -0.25) is 14.4 Å². The topological polar surface area (TPSA) is 134 Å². The molecule has 0 aliphatic heterocycles. The van der Waals surface area contributed by atoms with Crippen LogP contribution in [0.2, 0.25) is 0 Å². The third-order valence-corrected chi connectivity index (χ3v) is 7.55. The zero-order valence-corrected chi connectivity index (χ0v) is 25.8. The van der Waals surface area contributed by atoms with E-state index in [0.29, 0.717) is 58.3 Å². The lowest BCUT2D eigenvalue weighted by atomic mass is 10.1. The Labute approximate surface area is 253 Å². The molecule has 42 heavy (non-hydrogen) atoms. The van der Waals surface area contributed by atoms with Crippen LogP contribution in [0.1, 0.15) is 82.3 Å². The predicted octanol–water partition coefficient (Wildman–Crippen LogP) is 2.67. The van der Waals surface area contributed by atoms with Crippen molar-refractivity contribution in [2.24, 2.45) is 0 Å². The molecule has 0 unspecified atom stereocenters. The fourth-order valence-corrected chi connectivity index (χ4v) is 4.99. The van der Waals surface area contributed by atoms with Crippen molar-refractivity contribution in [2.75, 3.05) is 26.2 Å². The number of nitrogens with one attached hydrogen (secondary N) is 2. The molecule has 0 saturated carbocycles. The van der Waals surface area contributed by atoms with Crippen LogP contribution < -0.4 is 22.1 Å². The van der Waals surface area contributed by atoms with Crippen LogP contribution in [-0.4, -0.2) is 60.9 Å². The minimum absolute atomic E-state index is 0.0688. The number of hydrogen-bond donors (Lipinski definition) is 4. The Morgan fingerprint density at radius 2 is 1.07 bits per heavy atom. The molecule has 0 spiro atoms. The molecule has 0 heterocycles. The number of benzene rings is 2. The van der Waals surface area contributed by atoms with Crippen molar-refractivity contribution in [3.63, 3.8) is 0 Å². The lowest BCUT2D eigenvalue weighted by molar-refractivity contribution is -0.403. The molecule has 0 aliphatic rings. The first kappa shape index (κ1) is 35.0. The summed E-state index contributed by atoms with van der Waals surface area (Å²) in [4.78, 5) is 40.1. The lowest BCUT2D eigenvalue weighted by Crippen LogP contribution is -2.68. The van der Waals surface area contributed by atoms with E-state index in [1.165, 1.54) is 32.1 Å². The van der Waals surface area contributed by atoms with Gasteiger partial charge in [-0.2, -0.15) is 0 Å². The number of nitrogens with zero attached hydrogens (tertiary/aromatic N) is 1. The van der Waals surface area contributed by atoms with Gasteiger partial charge in [0.25, 0.3) is 11.8 Å². The minimum atomic E-state index is -0.357. The molecule has 0 bridgehead atoms. The number of amides is 3. The number of unbranched alkanes of at least 4 members (excludes halogenated alkanes) is 6. The number of hydrogen-bond acceptors (Lipinski definition) is 3. The maximum atomic E-state index is 13.1. The summed E-state index contributed by atoms with van der Waals surface area (Å²) in [6.45, 7) is 4.38. The van der Waals surface area contributed by atoms with Crippen LogP contribution in [0.5, 0.6) is 0 Å². The smallest absolute Gasteiger partial charge is 0.278 e. The Morgan fingerprint density at radius 3 is 1.52 bits per heavy atom. The van der Waals surface area contributed by atoms with Crippen molar-refractivity contribution in [2.45, 2.75) is 96.1 Å². The van der Waals surface area contributed by atoms with Gasteiger partial charge in [0, 0.05) is 45.4 Å².